The lowest BCUT2D eigenvalue weighted by Gasteiger charge is -2.19. The molecule has 6 heteroatoms. The van der Waals surface area contributed by atoms with Crippen molar-refractivity contribution in [3.63, 3.8) is 0 Å². The first kappa shape index (κ1) is 18.0. The Hall–Kier alpha value is -2.34. The van der Waals surface area contributed by atoms with Crippen molar-refractivity contribution in [1.29, 1.82) is 0 Å². The van der Waals surface area contributed by atoms with Gasteiger partial charge in [0.1, 0.15) is 5.76 Å². The summed E-state index contributed by atoms with van der Waals surface area (Å²) in [6.07, 6.45) is 2.78. The molecule has 2 aromatic rings. The van der Waals surface area contributed by atoms with Crippen molar-refractivity contribution >= 4 is 33.8 Å². The molecule has 0 spiro atoms. The molecule has 0 radical (unpaired) electrons. The van der Waals surface area contributed by atoms with Gasteiger partial charge in [-0.15, -0.1) is 0 Å². The molecular formula is C18H19BrN2O3. The third kappa shape index (κ3) is 5.09. The van der Waals surface area contributed by atoms with Gasteiger partial charge in [-0.3, -0.25) is 20.4 Å². The van der Waals surface area contributed by atoms with Crippen LogP contribution in [0.15, 0.2) is 51.6 Å². The fraction of sp³-hybridized carbons (Fsp3) is 0.222. The molecule has 0 bridgehead atoms. The average Bonchev–Trinajstić information content (AvgIpc) is 2.95. The summed E-state index contributed by atoms with van der Waals surface area (Å²) in [5.41, 5.74) is 6.32. The summed E-state index contributed by atoms with van der Waals surface area (Å²) in [6, 6.07) is 10.7. The Morgan fingerprint density at radius 2 is 1.71 bits per heavy atom. The number of benzene rings is 1. The minimum absolute atomic E-state index is 0.0227. The van der Waals surface area contributed by atoms with Crippen molar-refractivity contribution in [1.82, 2.24) is 10.9 Å². The maximum Gasteiger partial charge on any atom is 0.269 e. The number of amides is 2. The molecule has 0 aliphatic rings. The molecule has 0 saturated heterocycles. The molecule has 0 unspecified atom stereocenters. The zero-order chi connectivity index (χ0) is 17.7. The average molecular weight is 391 g/mol. The Labute approximate surface area is 149 Å². The molecule has 126 valence electrons. The first-order valence-corrected chi connectivity index (χ1v) is 8.19. The summed E-state index contributed by atoms with van der Waals surface area (Å²) in [5, 5.41) is 0. The van der Waals surface area contributed by atoms with Crippen LogP contribution in [0.2, 0.25) is 0 Å². The monoisotopic (exact) mass is 390 g/mol. The SMILES string of the molecule is CC(C)(C)c1ccc(C(=O)NNC(=O)/C=C/c2ccc(Br)o2)cc1. The molecule has 1 heterocycles. The van der Waals surface area contributed by atoms with Crippen molar-refractivity contribution in [3.8, 4) is 0 Å². The van der Waals surface area contributed by atoms with Crippen LogP contribution < -0.4 is 10.9 Å². The first-order chi connectivity index (χ1) is 11.3. The number of hydrogen-bond acceptors (Lipinski definition) is 3. The number of carbonyl (C=O) groups excluding carboxylic acids is 2. The normalized spacial score (nSPS) is 11.5. The Kier molecular flexibility index (Phi) is 5.62. The van der Waals surface area contributed by atoms with Gasteiger partial charge in [-0.2, -0.15) is 0 Å². The van der Waals surface area contributed by atoms with Crippen LogP contribution in [0, 0.1) is 0 Å². The standard InChI is InChI=1S/C18H19BrN2O3/c1-18(2,3)13-6-4-12(5-7-13)17(23)21-20-16(22)11-9-14-8-10-15(19)24-14/h4-11H,1-3H3,(H,20,22)(H,21,23)/b11-9+. The van der Waals surface area contributed by atoms with E-state index in [1.807, 2.05) is 12.1 Å². The summed E-state index contributed by atoms with van der Waals surface area (Å²) < 4.78 is 5.81. The number of nitrogens with one attached hydrogen (secondary N) is 2. The molecule has 1 aromatic heterocycles. The highest BCUT2D eigenvalue weighted by molar-refractivity contribution is 9.10. The Balaban J connectivity index is 1.88. The van der Waals surface area contributed by atoms with E-state index in [1.54, 1.807) is 24.3 Å². The molecule has 0 aliphatic carbocycles. The number of halogens is 1. The molecule has 24 heavy (non-hydrogen) atoms. The van der Waals surface area contributed by atoms with Gasteiger partial charge in [0.15, 0.2) is 4.67 Å². The summed E-state index contributed by atoms with van der Waals surface area (Å²) in [4.78, 5) is 23.7. The lowest BCUT2D eigenvalue weighted by Crippen LogP contribution is -2.40. The van der Waals surface area contributed by atoms with Gasteiger partial charge in [-0.1, -0.05) is 32.9 Å². The second-order valence-electron chi connectivity index (χ2n) is 6.25. The highest BCUT2D eigenvalue weighted by Crippen LogP contribution is 2.22. The van der Waals surface area contributed by atoms with E-state index in [0.29, 0.717) is 16.0 Å². The molecule has 2 rings (SSSR count). The number of rotatable bonds is 3. The molecule has 2 amide bonds. The van der Waals surface area contributed by atoms with Crippen molar-refractivity contribution in [2.45, 2.75) is 26.2 Å². The predicted molar refractivity (Wildman–Crippen MR) is 96.2 cm³/mol. The maximum atomic E-state index is 12.0. The van der Waals surface area contributed by atoms with Gasteiger partial charge in [-0.25, -0.2) is 0 Å². The van der Waals surface area contributed by atoms with Crippen molar-refractivity contribution in [2.24, 2.45) is 0 Å². The van der Waals surface area contributed by atoms with Crippen LogP contribution in [0.5, 0.6) is 0 Å². The summed E-state index contributed by atoms with van der Waals surface area (Å²) in [6.45, 7) is 6.31. The highest BCUT2D eigenvalue weighted by Gasteiger charge is 2.14. The molecule has 5 nitrogen and oxygen atoms in total. The van der Waals surface area contributed by atoms with E-state index in [1.165, 1.54) is 12.2 Å². The number of furan rings is 1. The van der Waals surface area contributed by atoms with Gasteiger partial charge >= 0.3 is 0 Å². The summed E-state index contributed by atoms with van der Waals surface area (Å²) in [7, 11) is 0. The largest absolute Gasteiger partial charge is 0.450 e. The van der Waals surface area contributed by atoms with Crippen LogP contribution in [0.25, 0.3) is 6.08 Å². The molecular weight excluding hydrogens is 372 g/mol. The van der Waals surface area contributed by atoms with Gasteiger partial charge in [0.25, 0.3) is 11.8 Å². The van der Waals surface area contributed by atoms with E-state index in [0.717, 1.165) is 5.56 Å². The second-order valence-corrected chi connectivity index (χ2v) is 7.03. The van der Waals surface area contributed by atoms with Gasteiger partial charge in [-0.05, 0) is 57.2 Å². The van der Waals surface area contributed by atoms with Crippen LogP contribution >= 0.6 is 15.9 Å². The molecule has 1 aromatic carbocycles. The van der Waals surface area contributed by atoms with Crippen LogP contribution in [0.1, 0.15) is 42.5 Å². The lowest BCUT2D eigenvalue weighted by molar-refractivity contribution is -0.117. The van der Waals surface area contributed by atoms with E-state index in [-0.39, 0.29) is 11.3 Å². The summed E-state index contributed by atoms with van der Waals surface area (Å²) >= 11 is 3.17. The zero-order valence-corrected chi connectivity index (χ0v) is 15.3. The van der Waals surface area contributed by atoms with Crippen molar-refractivity contribution in [3.05, 3.63) is 64.0 Å². The maximum absolute atomic E-state index is 12.0. The first-order valence-electron chi connectivity index (χ1n) is 7.40. The van der Waals surface area contributed by atoms with Crippen LogP contribution in [0.4, 0.5) is 0 Å². The topological polar surface area (TPSA) is 71.3 Å². The minimum Gasteiger partial charge on any atom is -0.450 e. The Bertz CT molecular complexity index is 755. The quantitative estimate of drug-likeness (QED) is 0.618. The highest BCUT2D eigenvalue weighted by atomic mass is 79.9. The smallest absolute Gasteiger partial charge is 0.269 e. The fourth-order valence-corrected chi connectivity index (χ4v) is 2.25. The van der Waals surface area contributed by atoms with Crippen LogP contribution in [-0.2, 0) is 10.2 Å². The van der Waals surface area contributed by atoms with Gasteiger partial charge < -0.3 is 4.42 Å². The predicted octanol–water partition coefficient (Wildman–Crippen LogP) is 3.81. The van der Waals surface area contributed by atoms with Crippen LogP contribution in [-0.4, -0.2) is 11.8 Å². The third-order valence-electron chi connectivity index (χ3n) is 3.31. The second kappa shape index (κ2) is 7.49. The molecule has 2 N–H and O–H groups in total. The van der Waals surface area contributed by atoms with Gasteiger partial charge in [0, 0.05) is 11.6 Å². The summed E-state index contributed by atoms with van der Waals surface area (Å²) in [5.74, 6) is -0.304. The van der Waals surface area contributed by atoms with Crippen molar-refractivity contribution in [2.75, 3.05) is 0 Å². The third-order valence-corrected chi connectivity index (χ3v) is 3.73. The fourth-order valence-electron chi connectivity index (χ4n) is 1.93. The number of carbonyl (C=O) groups is 2. The van der Waals surface area contributed by atoms with Crippen molar-refractivity contribution < 1.29 is 14.0 Å². The van der Waals surface area contributed by atoms with E-state index in [4.69, 9.17) is 4.42 Å². The van der Waals surface area contributed by atoms with E-state index in [9.17, 15) is 9.59 Å². The molecule has 0 saturated carbocycles. The Morgan fingerprint density at radius 3 is 2.25 bits per heavy atom. The van der Waals surface area contributed by atoms with E-state index in [2.05, 4.69) is 47.6 Å². The lowest BCUT2D eigenvalue weighted by atomic mass is 9.87. The molecule has 0 fully saturated rings. The van der Waals surface area contributed by atoms with Gasteiger partial charge in [0.05, 0.1) is 0 Å². The zero-order valence-electron chi connectivity index (χ0n) is 13.7. The minimum atomic E-state index is -0.456. The molecule has 0 aliphatic heterocycles. The number of hydrazine groups is 1. The van der Waals surface area contributed by atoms with E-state index >= 15 is 0 Å². The Morgan fingerprint density at radius 1 is 1.04 bits per heavy atom. The van der Waals surface area contributed by atoms with E-state index < -0.39 is 5.91 Å². The van der Waals surface area contributed by atoms with Crippen LogP contribution in [0.3, 0.4) is 0 Å². The molecule has 0 atom stereocenters. The van der Waals surface area contributed by atoms with Gasteiger partial charge in [0.2, 0.25) is 0 Å². The number of hydrogen-bond donors (Lipinski definition) is 2.